The second-order valence-electron chi connectivity index (χ2n) is 5.48. The van der Waals surface area contributed by atoms with Gasteiger partial charge in [0, 0.05) is 25.6 Å². The van der Waals surface area contributed by atoms with Crippen molar-refractivity contribution in [1.29, 1.82) is 0 Å². The van der Waals surface area contributed by atoms with E-state index in [0.29, 0.717) is 24.2 Å². The molecule has 0 aliphatic carbocycles. The zero-order valence-electron chi connectivity index (χ0n) is 13.3. The fourth-order valence-corrected chi connectivity index (χ4v) is 2.53. The second-order valence-corrected chi connectivity index (χ2v) is 5.48. The maximum atomic E-state index is 12.4. The van der Waals surface area contributed by atoms with Gasteiger partial charge in [-0.3, -0.25) is 14.9 Å². The van der Waals surface area contributed by atoms with Crippen molar-refractivity contribution in [2.75, 3.05) is 25.5 Å². The summed E-state index contributed by atoms with van der Waals surface area (Å²) in [6, 6.07) is 6.49. The zero-order chi connectivity index (χ0) is 16.8. The van der Waals surface area contributed by atoms with Gasteiger partial charge >= 0.3 is 6.09 Å². The standard InChI is InChI=1S/C16H21N3O4/c1-11(10-19-9-5-8-14(19)20)17-15(21)12-6-3-4-7-13(12)18-16(22)23-2/h3-4,6-7,11H,5,8-10H2,1-2H3,(H,17,21)(H,18,22). The van der Waals surface area contributed by atoms with Crippen molar-refractivity contribution < 1.29 is 19.1 Å². The third kappa shape index (κ3) is 4.45. The fraction of sp³-hybridized carbons (Fsp3) is 0.438. The predicted octanol–water partition coefficient (Wildman–Crippen LogP) is 1.61. The highest BCUT2D eigenvalue weighted by Gasteiger charge is 2.23. The molecule has 23 heavy (non-hydrogen) atoms. The van der Waals surface area contributed by atoms with Crippen LogP contribution in [0.15, 0.2) is 24.3 Å². The first-order chi connectivity index (χ1) is 11.0. The van der Waals surface area contributed by atoms with Crippen LogP contribution in [0.3, 0.4) is 0 Å². The summed E-state index contributed by atoms with van der Waals surface area (Å²) in [5.74, 6) is -0.185. The number of nitrogens with zero attached hydrogens (tertiary/aromatic N) is 1. The van der Waals surface area contributed by atoms with Crippen LogP contribution in [0.5, 0.6) is 0 Å². The Hall–Kier alpha value is -2.57. The molecule has 2 rings (SSSR count). The van der Waals surface area contributed by atoms with Crippen LogP contribution in [0.4, 0.5) is 10.5 Å². The highest BCUT2D eigenvalue weighted by atomic mass is 16.5. The van der Waals surface area contributed by atoms with E-state index in [-0.39, 0.29) is 17.9 Å². The van der Waals surface area contributed by atoms with Crippen LogP contribution in [-0.4, -0.2) is 49.0 Å². The molecular formula is C16H21N3O4. The molecule has 3 amide bonds. The Morgan fingerprint density at radius 3 is 2.74 bits per heavy atom. The number of amides is 3. The van der Waals surface area contributed by atoms with E-state index in [1.54, 1.807) is 29.2 Å². The molecule has 7 heteroatoms. The third-order valence-electron chi connectivity index (χ3n) is 3.64. The van der Waals surface area contributed by atoms with E-state index in [1.165, 1.54) is 7.11 Å². The number of hydrogen-bond donors (Lipinski definition) is 2. The van der Waals surface area contributed by atoms with Gasteiger partial charge in [-0.15, -0.1) is 0 Å². The van der Waals surface area contributed by atoms with Gasteiger partial charge in [0.15, 0.2) is 0 Å². The molecule has 124 valence electrons. The first kappa shape index (κ1) is 16.8. The normalized spacial score (nSPS) is 15.2. The molecule has 0 aromatic heterocycles. The monoisotopic (exact) mass is 319 g/mol. The fourth-order valence-electron chi connectivity index (χ4n) is 2.53. The lowest BCUT2D eigenvalue weighted by atomic mass is 10.1. The number of likely N-dealkylation sites (tertiary alicyclic amines) is 1. The minimum atomic E-state index is -0.638. The van der Waals surface area contributed by atoms with Crippen molar-refractivity contribution in [2.24, 2.45) is 0 Å². The number of para-hydroxylation sites is 1. The number of benzene rings is 1. The van der Waals surface area contributed by atoms with Gasteiger partial charge in [-0.05, 0) is 25.5 Å². The highest BCUT2D eigenvalue weighted by Crippen LogP contribution is 2.16. The first-order valence-corrected chi connectivity index (χ1v) is 7.54. The number of hydrogen-bond acceptors (Lipinski definition) is 4. The van der Waals surface area contributed by atoms with Crippen molar-refractivity contribution >= 4 is 23.6 Å². The van der Waals surface area contributed by atoms with E-state index in [9.17, 15) is 14.4 Å². The second kappa shape index (κ2) is 7.62. The Kier molecular flexibility index (Phi) is 5.56. The SMILES string of the molecule is COC(=O)Nc1ccccc1C(=O)NC(C)CN1CCCC1=O. The lowest BCUT2D eigenvalue weighted by Gasteiger charge is -2.22. The lowest BCUT2D eigenvalue weighted by Crippen LogP contribution is -2.42. The Morgan fingerprint density at radius 2 is 2.09 bits per heavy atom. The molecule has 0 spiro atoms. The molecule has 0 bridgehead atoms. The summed E-state index contributed by atoms with van der Waals surface area (Å²) in [7, 11) is 1.26. The van der Waals surface area contributed by atoms with E-state index >= 15 is 0 Å². The largest absolute Gasteiger partial charge is 0.453 e. The predicted molar refractivity (Wildman–Crippen MR) is 85.2 cm³/mol. The summed E-state index contributed by atoms with van der Waals surface area (Å²) in [6.07, 6.45) is 0.804. The van der Waals surface area contributed by atoms with Gasteiger partial charge in [-0.25, -0.2) is 4.79 Å². The van der Waals surface area contributed by atoms with Gasteiger partial charge < -0.3 is 15.0 Å². The number of anilines is 1. The van der Waals surface area contributed by atoms with E-state index in [0.717, 1.165) is 13.0 Å². The van der Waals surface area contributed by atoms with E-state index in [4.69, 9.17) is 0 Å². The van der Waals surface area contributed by atoms with Crippen LogP contribution in [0, 0.1) is 0 Å². The molecule has 0 radical (unpaired) electrons. The third-order valence-corrected chi connectivity index (χ3v) is 3.64. The first-order valence-electron chi connectivity index (χ1n) is 7.54. The van der Waals surface area contributed by atoms with Gasteiger partial charge in [-0.1, -0.05) is 12.1 Å². The van der Waals surface area contributed by atoms with Crippen LogP contribution in [0.2, 0.25) is 0 Å². The highest BCUT2D eigenvalue weighted by molar-refractivity contribution is 6.02. The Bertz CT molecular complexity index is 603. The van der Waals surface area contributed by atoms with E-state index in [1.807, 2.05) is 6.92 Å². The topological polar surface area (TPSA) is 87.7 Å². The number of rotatable bonds is 5. The average molecular weight is 319 g/mol. The summed E-state index contributed by atoms with van der Waals surface area (Å²) in [4.78, 5) is 37.1. The van der Waals surface area contributed by atoms with E-state index in [2.05, 4.69) is 15.4 Å². The van der Waals surface area contributed by atoms with Gasteiger partial charge in [0.1, 0.15) is 0 Å². The number of methoxy groups -OCH3 is 1. The van der Waals surface area contributed by atoms with Gasteiger partial charge in [0.25, 0.3) is 5.91 Å². The van der Waals surface area contributed by atoms with Crippen LogP contribution >= 0.6 is 0 Å². The molecule has 1 unspecified atom stereocenters. The summed E-state index contributed by atoms with van der Waals surface area (Å²) >= 11 is 0. The molecular weight excluding hydrogens is 298 g/mol. The van der Waals surface area contributed by atoms with Crippen LogP contribution in [0.25, 0.3) is 0 Å². The molecule has 2 N–H and O–H groups in total. The average Bonchev–Trinajstić information content (AvgIpc) is 2.92. The molecule has 1 aliphatic rings. The van der Waals surface area contributed by atoms with Crippen molar-refractivity contribution in [3.05, 3.63) is 29.8 Å². The lowest BCUT2D eigenvalue weighted by molar-refractivity contribution is -0.127. The van der Waals surface area contributed by atoms with Gasteiger partial charge in [-0.2, -0.15) is 0 Å². The number of carbonyl (C=O) groups excluding carboxylic acids is 3. The van der Waals surface area contributed by atoms with Gasteiger partial charge in [0.05, 0.1) is 18.4 Å². The summed E-state index contributed by atoms with van der Waals surface area (Å²) in [6.45, 7) is 3.07. The molecule has 7 nitrogen and oxygen atoms in total. The minimum absolute atomic E-state index is 0.124. The smallest absolute Gasteiger partial charge is 0.411 e. The van der Waals surface area contributed by atoms with Crippen molar-refractivity contribution in [3.63, 3.8) is 0 Å². The molecule has 1 fully saturated rings. The molecule has 1 saturated heterocycles. The molecule has 1 atom stereocenters. The molecule has 1 heterocycles. The Labute approximate surface area is 135 Å². The molecule has 1 aliphatic heterocycles. The van der Waals surface area contributed by atoms with Crippen LogP contribution in [-0.2, 0) is 9.53 Å². The molecule has 0 saturated carbocycles. The Balaban J connectivity index is 1.99. The minimum Gasteiger partial charge on any atom is -0.453 e. The van der Waals surface area contributed by atoms with Crippen molar-refractivity contribution in [3.8, 4) is 0 Å². The number of carbonyl (C=O) groups is 3. The van der Waals surface area contributed by atoms with Crippen LogP contribution < -0.4 is 10.6 Å². The Morgan fingerprint density at radius 1 is 1.35 bits per heavy atom. The summed E-state index contributed by atoms with van der Waals surface area (Å²) in [5, 5.41) is 5.36. The number of ether oxygens (including phenoxy) is 1. The molecule has 1 aromatic carbocycles. The molecule has 1 aromatic rings. The number of nitrogens with one attached hydrogen (secondary N) is 2. The summed E-state index contributed by atoms with van der Waals surface area (Å²) in [5.41, 5.74) is 0.721. The van der Waals surface area contributed by atoms with Crippen LogP contribution in [0.1, 0.15) is 30.1 Å². The van der Waals surface area contributed by atoms with Gasteiger partial charge in [0.2, 0.25) is 5.91 Å². The van der Waals surface area contributed by atoms with E-state index < -0.39 is 6.09 Å². The van der Waals surface area contributed by atoms with Crippen molar-refractivity contribution in [1.82, 2.24) is 10.2 Å². The maximum Gasteiger partial charge on any atom is 0.411 e. The van der Waals surface area contributed by atoms with Crippen molar-refractivity contribution in [2.45, 2.75) is 25.8 Å². The maximum absolute atomic E-state index is 12.4. The zero-order valence-corrected chi connectivity index (χ0v) is 13.3. The summed E-state index contributed by atoms with van der Waals surface area (Å²) < 4.78 is 4.54. The quantitative estimate of drug-likeness (QED) is 0.863.